The molecule has 2 heterocycles. The van der Waals surface area contributed by atoms with Crippen LogP contribution in [0.25, 0.3) is 0 Å². The van der Waals surface area contributed by atoms with Gasteiger partial charge in [0.05, 0.1) is 6.54 Å². The Labute approximate surface area is 174 Å². The summed E-state index contributed by atoms with van der Waals surface area (Å²) in [7, 11) is 0. The van der Waals surface area contributed by atoms with Crippen molar-refractivity contribution in [2.24, 2.45) is 0 Å². The maximum absolute atomic E-state index is 12.6. The van der Waals surface area contributed by atoms with Crippen molar-refractivity contribution in [3.63, 3.8) is 0 Å². The van der Waals surface area contributed by atoms with E-state index in [-0.39, 0.29) is 12.6 Å². The highest BCUT2D eigenvalue weighted by atomic mass is 16.5. The lowest BCUT2D eigenvalue weighted by Gasteiger charge is -2.09. The topological polar surface area (TPSA) is 74.0 Å². The second-order valence-electron chi connectivity index (χ2n) is 7.14. The van der Waals surface area contributed by atoms with Crippen molar-refractivity contribution >= 4 is 11.6 Å². The van der Waals surface area contributed by atoms with Crippen molar-refractivity contribution in [1.29, 1.82) is 0 Å². The van der Waals surface area contributed by atoms with Crippen LogP contribution in [0, 0.1) is 13.8 Å². The standard InChI is InChI=1S/C23H23N5O2/c1-17-7-8-22(18(2)13-17)30-16-28-12-9-21(26-28)23(29)25-20-6-3-5-19(14-20)15-27-11-4-10-24-27/h3-14H,15-16H2,1-2H3,(H,25,29). The van der Waals surface area contributed by atoms with Crippen LogP contribution in [0.1, 0.15) is 27.2 Å². The van der Waals surface area contributed by atoms with E-state index in [1.54, 1.807) is 23.1 Å². The van der Waals surface area contributed by atoms with E-state index in [1.165, 1.54) is 5.56 Å². The molecular formula is C23H23N5O2. The highest BCUT2D eigenvalue weighted by Crippen LogP contribution is 2.19. The molecule has 152 valence electrons. The molecule has 2 aromatic carbocycles. The van der Waals surface area contributed by atoms with Crippen LogP contribution in [0.15, 0.2) is 73.2 Å². The Morgan fingerprint density at radius 2 is 1.93 bits per heavy atom. The van der Waals surface area contributed by atoms with Gasteiger partial charge in [0.15, 0.2) is 12.4 Å². The van der Waals surface area contributed by atoms with E-state index in [0.717, 1.165) is 16.9 Å². The number of nitrogens with one attached hydrogen (secondary N) is 1. The van der Waals surface area contributed by atoms with Gasteiger partial charge in [0, 0.05) is 24.3 Å². The Morgan fingerprint density at radius 1 is 1.03 bits per heavy atom. The number of hydrogen-bond acceptors (Lipinski definition) is 4. The van der Waals surface area contributed by atoms with E-state index in [0.29, 0.717) is 17.9 Å². The van der Waals surface area contributed by atoms with Gasteiger partial charge in [-0.25, -0.2) is 4.68 Å². The molecule has 7 heteroatoms. The first-order valence-electron chi connectivity index (χ1n) is 9.68. The highest BCUT2D eigenvalue weighted by Gasteiger charge is 2.11. The van der Waals surface area contributed by atoms with Crippen molar-refractivity contribution in [2.45, 2.75) is 27.1 Å². The summed E-state index contributed by atoms with van der Waals surface area (Å²) in [5.74, 6) is 0.535. The zero-order chi connectivity index (χ0) is 20.9. The third-order valence-corrected chi connectivity index (χ3v) is 4.64. The SMILES string of the molecule is Cc1ccc(OCn2ccc(C(=O)Nc3cccc(Cn4cccn4)c3)n2)c(C)c1. The minimum absolute atomic E-state index is 0.233. The van der Waals surface area contributed by atoms with Crippen molar-refractivity contribution in [1.82, 2.24) is 19.6 Å². The number of anilines is 1. The Morgan fingerprint density at radius 3 is 2.73 bits per heavy atom. The fourth-order valence-corrected chi connectivity index (χ4v) is 3.18. The molecule has 2 aromatic heterocycles. The summed E-state index contributed by atoms with van der Waals surface area (Å²) in [6.07, 6.45) is 5.37. The van der Waals surface area contributed by atoms with Crippen molar-refractivity contribution in [3.05, 3.63) is 95.6 Å². The molecule has 4 aromatic rings. The first-order chi connectivity index (χ1) is 14.6. The quantitative estimate of drug-likeness (QED) is 0.507. The molecule has 1 amide bonds. The number of carbonyl (C=O) groups is 1. The van der Waals surface area contributed by atoms with E-state index in [2.05, 4.69) is 21.6 Å². The van der Waals surface area contributed by atoms with E-state index in [4.69, 9.17) is 4.74 Å². The first-order valence-corrected chi connectivity index (χ1v) is 9.68. The number of benzene rings is 2. The normalized spacial score (nSPS) is 10.7. The molecule has 0 unspecified atom stereocenters. The maximum Gasteiger partial charge on any atom is 0.276 e. The molecule has 30 heavy (non-hydrogen) atoms. The van der Waals surface area contributed by atoms with Gasteiger partial charge in [-0.2, -0.15) is 10.2 Å². The Kier molecular flexibility index (Phi) is 5.61. The Hall–Kier alpha value is -3.87. The fraction of sp³-hybridized carbons (Fsp3) is 0.174. The van der Waals surface area contributed by atoms with Crippen molar-refractivity contribution in [3.8, 4) is 5.75 Å². The average Bonchev–Trinajstić information content (AvgIpc) is 3.40. The average molecular weight is 401 g/mol. The van der Waals surface area contributed by atoms with E-state index in [9.17, 15) is 4.79 Å². The van der Waals surface area contributed by atoms with Crippen LogP contribution in [0.3, 0.4) is 0 Å². The Balaban J connectivity index is 1.37. The fourth-order valence-electron chi connectivity index (χ4n) is 3.18. The first kappa shape index (κ1) is 19.4. The number of aromatic nitrogens is 4. The summed E-state index contributed by atoms with van der Waals surface area (Å²) in [6, 6.07) is 17.3. The predicted molar refractivity (Wildman–Crippen MR) is 114 cm³/mol. The van der Waals surface area contributed by atoms with Crippen LogP contribution in [-0.2, 0) is 13.3 Å². The van der Waals surface area contributed by atoms with Crippen molar-refractivity contribution < 1.29 is 9.53 Å². The molecule has 0 radical (unpaired) electrons. The van der Waals surface area contributed by atoms with Crippen LogP contribution in [0.5, 0.6) is 5.75 Å². The second kappa shape index (κ2) is 8.65. The second-order valence-corrected chi connectivity index (χ2v) is 7.14. The Bertz CT molecular complexity index is 1150. The number of carbonyl (C=O) groups excluding carboxylic acids is 1. The lowest BCUT2D eigenvalue weighted by atomic mass is 10.1. The predicted octanol–water partition coefficient (Wildman–Crippen LogP) is 4.03. The largest absolute Gasteiger partial charge is 0.471 e. The molecule has 0 aliphatic heterocycles. The number of nitrogens with zero attached hydrogens (tertiary/aromatic N) is 4. The minimum atomic E-state index is -0.267. The number of amides is 1. The molecule has 0 aliphatic carbocycles. The number of ether oxygens (including phenoxy) is 1. The molecule has 0 spiro atoms. The number of rotatable bonds is 7. The molecular weight excluding hydrogens is 378 g/mol. The summed E-state index contributed by atoms with van der Waals surface area (Å²) in [5.41, 5.74) is 4.34. The molecule has 0 aliphatic rings. The van der Waals surface area contributed by atoms with Crippen LogP contribution < -0.4 is 10.1 Å². The summed E-state index contributed by atoms with van der Waals surface area (Å²) >= 11 is 0. The molecule has 0 atom stereocenters. The van der Waals surface area contributed by atoms with Crippen LogP contribution >= 0.6 is 0 Å². The smallest absolute Gasteiger partial charge is 0.276 e. The summed E-state index contributed by atoms with van der Waals surface area (Å²) < 4.78 is 9.25. The number of hydrogen-bond donors (Lipinski definition) is 1. The monoisotopic (exact) mass is 401 g/mol. The molecule has 1 N–H and O–H groups in total. The van der Waals surface area contributed by atoms with Gasteiger partial charge in [-0.15, -0.1) is 0 Å². The van der Waals surface area contributed by atoms with Gasteiger partial charge in [-0.1, -0.05) is 29.8 Å². The zero-order valence-corrected chi connectivity index (χ0v) is 16.9. The van der Waals surface area contributed by atoms with Gasteiger partial charge in [-0.3, -0.25) is 9.48 Å². The van der Waals surface area contributed by atoms with Gasteiger partial charge in [0.2, 0.25) is 0 Å². The maximum atomic E-state index is 12.6. The van der Waals surface area contributed by atoms with Crippen LogP contribution in [0.4, 0.5) is 5.69 Å². The number of aryl methyl sites for hydroxylation is 2. The lowest BCUT2D eigenvalue weighted by Crippen LogP contribution is -2.14. The van der Waals surface area contributed by atoms with Gasteiger partial charge in [0.1, 0.15) is 5.75 Å². The van der Waals surface area contributed by atoms with Gasteiger partial charge in [-0.05, 0) is 55.3 Å². The molecule has 0 fully saturated rings. The van der Waals surface area contributed by atoms with Gasteiger partial charge >= 0.3 is 0 Å². The zero-order valence-electron chi connectivity index (χ0n) is 16.9. The molecule has 0 saturated carbocycles. The summed E-state index contributed by atoms with van der Waals surface area (Å²) in [6.45, 7) is 4.92. The van der Waals surface area contributed by atoms with E-state index < -0.39 is 0 Å². The molecule has 7 nitrogen and oxygen atoms in total. The third-order valence-electron chi connectivity index (χ3n) is 4.64. The lowest BCUT2D eigenvalue weighted by molar-refractivity contribution is 0.102. The van der Waals surface area contributed by atoms with E-state index in [1.807, 2.05) is 67.2 Å². The van der Waals surface area contributed by atoms with Gasteiger partial charge < -0.3 is 10.1 Å². The molecule has 0 saturated heterocycles. The van der Waals surface area contributed by atoms with Crippen LogP contribution in [-0.4, -0.2) is 25.5 Å². The van der Waals surface area contributed by atoms with E-state index >= 15 is 0 Å². The van der Waals surface area contributed by atoms with Crippen LogP contribution in [0.2, 0.25) is 0 Å². The van der Waals surface area contributed by atoms with Gasteiger partial charge in [0.25, 0.3) is 5.91 Å². The molecule has 4 rings (SSSR count). The summed E-state index contributed by atoms with van der Waals surface area (Å²) in [5, 5.41) is 11.4. The minimum Gasteiger partial charge on any atom is -0.471 e. The van der Waals surface area contributed by atoms with Crippen molar-refractivity contribution in [2.75, 3.05) is 5.32 Å². The molecule has 0 bridgehead atoms. The summed E-state index contributed by atoms with van der Waals surface area (Å²) in [4.78, 5) is 12.6. The third kappa shape index (κ3) is 4.75. The highest BCUT2D eigenvalue weighted by molar-refractivity contribution is 6.02.